The van der Waals surface area contributed by atoms with E-state index in [0.717, 1.165) is 6.08 Å². The number of aliphatic hydroxyl groups is 1. The normalized spacial score (nSPS) is 13.4. The number of hydrogen-bond acceptors (Lipinski definition) is 2. The van der Waals surface area contributed by atoms with Gasteiger partial charge in [0.1, 0.15) is 0 Å². The van der Waals surface area contributed by atoms with Crippen molar-refractivity contribution in [2.45, 2.75) is 26.4 Å². The Hall–Kier alpha value is -0.830. The Morgan fingerprint density at radius 3 is 2.00 bits per heavy atom. The Labute approximate surface area is 60.0 Å². The number of aliphatic carboxylic acids is 1. The smallest absolute Gasteiger partial charge is 0.328 e. The van der Waals surface area contributed by atoms with Crippen LogP contribution in [0.15, 0.2) is 11.6 Å². The van der Waals surface area contributed by atoms with Crippen LogP contribution in [0.5, 0.6) is 0 Å². The van der Waals surface area contributed by atoms with E-state index >= 15 is 0 Å². The van der Waals surface area contributed by atoms with Crippen molar-refractivity contribution in [1.29, 1.82) is 0 Å². The Bertz CT molecular complexity index is 162. The van der Waals surface area contributed by atoms with Gasteiger partial charge < -0.3 is 10.2 Å². The van der Waals surface area contributed by atoms with Crippen LogP contribution in [0.4, 0.5) is 0 Å². The summed E-state index contributed by atoms with van der Waals surface area (Å²) in [6, 6.07) is 0. The predicted octanol–water partition coefficient (Wildman–Crippen LogP) is 0.788. The van der Waals surface area contributed by atoms with Crippen molar-refractivity contribution >= 4 is 5.97 Å². The van der Waals surface area contributed by atoms with Crippen LogP contribution in [0.1, 0.15) is 20.8 Å². The van der Waals surface area contributed by atoms with E-state index in [0.29, 0.717) is 5.57 Å². The van der Waals surface area contributed by atoms with Gasteiger partial charge in [-0.05, 0) is 26.3 Å². The summed E-state index contributed by atoms with van der Waals surface area (Å²) >= 11 is 0. The van der Waals surface area contributed by atoms with Gasteiger partial charge in [0.25, 0.3) is 0 Å². The molecule has 0 atom stereocenters. The minimum absolute atomic E-state index is 0.444. The molecule has 2 N–H and O–H groups in total. The maximum atomic E-state index is 10.1. The number of carboxylic acid groups (broad SMARTS) is 1. The van der Waals surface area contributed by atoms with Crippen molar-refractivity contribution < 1.29 is 15.0 Å². The fraction of sp³-hybridized carbons (Fsp3) is 0.571. The molecule has 0 amide bonds. The summed E-state index contributed by atoms with van der Waals surface area (Å²) in [6.45, 7) is 4.66. The first-order valence-corrected chi connectivity index (χ1v) is 2.98. The Morgan fingerprint density at radius 2 is 1.90 bits per heavy atom. The van der Waals surface area contributed by atoms with E-state index in [9.17, 15) is 9.90 Å². The Morgan fingerprint density at radius 1 is 1.50 bits per heavy atom. The lowest BCUT2D eigenvalue weighted by Gasteiger charge is -2.16. The summed E-state index contributed by atoms with van der Waals surface area (Å²) < 4.78 is 0. The molecule has 3 nitrogen and oxygen atoms in total. The summed E-state index contributed by atoms with van der Waals surface area (Å²) in [5.41, 5.74) is -0.585. The van der Waals surface area contributed by atoms with Crippen LogP contribution >= 0.6 is 0 Å². The van der Waals surface area contributed by atoms with Gasteiger partial charge in [0.2, 0.25) is 0 Å². The van der Waals surface area contributed by atoms with Gasteiger partial charge in [0, 0.05) is 6.08 Å². The monoisotopic (exact) mass is 144 g/mol. The van der Waals surface area contributed by atoms with Gasteiger partial charge in [0.05, 0.1) is 5.60 Å². The quantitative estimate of drug-likeness (QED) is 0.563. The number of rotatable bonds is 2. The van der Waals surface area contributed by atoms with Crippen molar-refractivity contribution in [3.8, 4) is 0 Å². The highest BCUT2D eigenvalue weighted by Gasteiger charge is 2.15. The zero-order valence-corrected chi connectivity index (χ0v) is 6.38. The molecule has 0 unspecified atom stereocenters. The van der Waals surface area contributed by atoms with Crippen molar-refractivity contribution in [3.63, 3.8) is 0 Å². The first kappa shape index (κ1) is 9.17. The summed E-state index contributed by atoms with van der Waals surface area (Å²) in [6.07, 6.45) is 1.00. The maximum absolute atomic E-state index is 10.1. The van der Waals surface area contributed by atoms with E-state index in [1.807, 2.05) is 0 Å². The van der Waals surface area contributed by atoms with Gasteiger partial charge in [0.15, 0.2) is 0 Å². The number of carbonyl (C=O) groups is 1. The molecule has 0 aliphatic heterocycles. The number of hydrogen-bond donors (Lipinski definition) is 2. The van der Waals surface area contributed by atoms with E-state index in [2.05, 4.69) is 0 Å². The lowest BCUT2D eigenvalue weighted by Crippen LogP contribution is -2.20. The fourth-order valence-corrected chi connectivity index (χ4v) is 0.362. The highest BCUT2D eigenvalue weighted by molar-refractivity contribution is 5.80. The van der Waals surface area contributed by atoms with Gasteiger partial charge in [-0.15, -0.1) is 0 Å². The molecule has 0 rings (SSSR count). The summed E-state index contributed by atoms with van der Waals surface area (Å²) in [4.78, 5) is 10.1. The zero-order chi connectivity index (χ0) is 8.36. The molecule has 0 bridgehead atoms. The van der Waals surface area contributed by atoms with Crippen LogP contribution in [0.3, 0.4) is 0 Å². The second-order valence-corrected chi connectivity index (χ2v) is 2.72. The predicted molar refractivity (Wildman–Crippen MR) is 37.7 cm³/mol. The van der Waals surface area contributed by atoms with Gasteiger partial charge in [-0.1, -0.05) is 0 Å². The summed E-state index contributed by atoms with van der Waals surface area (Å²) in [5.74, 6) is -1.03. The fourth-order valence-electron chi connectivity index (χ4n) is 0.362. The molecule has 0 aromatic heterocycles. The van der Waals surface area contributed by atoms with E-state index in [1.165, 1.54) is 0 Å². The molecule has 0 radical (unpaired) electrons. The molecular formula is C7H12O3. The van der Waals surface area contributed by atoms with E-state index in [1.54, 1.807) is 20.8 Å². The average molecular weight is 144 g/mol. The lowest BCUT2D eigenvalue weighted by molar-refractivity contribution is -0.131. The van der Waals surface area contributed by atoms with Crippen molar-refractivity contribution in [1.82, 2.24) is 0 Å². The molecule has 0 heterocycles. The van der Waals surface area contributed by atoms with Crippen LogP contribution < -0.4 is 0 Å². The third kappa shape index (κ3) is 3.25. The SMILES string of the molecule is CC(=CC(=O)O)C(C)(C)O. The van der Waals surface area contributed by atoms with Gasteiger partial charge in [-0.3, -0.25) is 0 Å². The molecule has 0 aliphatic rings. The molecule has 0 fully saturated rings. The Balaban J connectivity index is 4.35. The van der Waals surface area contributed by atoms with Crippen LogP contribution in [0.2, 0.25) is 0 Å². The van der Waals surface area contributed by atoms with Crippen molar-refractivity contribution in [2.75, 3.05) is 0 Å². The van der Waals surface area contributed by atoms with E-state index in [-0.39, 0.29) is 0 Å². The molecule has 0 saturated carbocycles. The van der Waals surface area contributed by atoms with Crippen LogP contribution in [-0.2, 0) is 4.79 Å². The highest BCUT2D eigenvalue weighted by atomic mass is 16.4. The molecule has 58 valence electrons. The minimum Gasteiger partial charge on any atom is -0.478 e. The van der Waals surface area contributed by atoms with Crippen LogP contribution in [0.25, 0.3) is 0 Å². The summed E-state index contributed by atoms with van der Waals surface area (Å²) in [5, 5.41) is 17.5. The van der Waals surface area contributed by atoms with E-state index in [4.69, 9.17) is 5.11 Å². The molecule has 10 heavy (non-hydrogen) atoms. The molecule has 0 aromatic rings. The Kier molecular flexibility index (Phi) is 2.60. The van der Waals surface area contributed by atoms with Gasteiger partial charge in [-0.2, -0.15) is 0 Å². The summed E-state index contributed by atoms with van der Waals surface area (Å²) in [7, 11) is 0. The second kappa shape index (κ2) is 2.84. The molecule has 0 spiro atoms. The van der Waals surface area contributed by atoms with Gasteiger partial charge in [-0.25, -0.2) is 4.79 Å². The second-order valence-electron chi connectivity index (χ2n) is 2.72. The van der Waals surface area contributed by atoms with Crippen LogP contribution in [0, 0.1) is 0 Å². The number of carboxylic acids is 1. The zero-order valence-electron chi connectivity index (χ0n) is 6.38. The minimum atomic E-state index is -1.03. The highest BCUT2D eigenvalue weighted by Crippen LogP contribution is 2.13. The van der Waals surface area contributed by atoms with Gasteiger partial charge >= 0.3 is 5.97 Å². The lowest BCUT2D eigenvalue weighted by atomic mass is 10.00. The largest absolute Gasteiger partial charge is 0.478 e. The molecule has 3 heteroatoms. The average Bonchev–Trinajstić information content (AvgIpc) is 1.60. The first-order chi connectivity index (χ1) is 4.34. The van der Waals surface area contributed by atoms with Crippen molar-refractivity contribution in [2.24, 2.45) is 0 Å². The molecule has 0 aromatic carbocycles. The van der Waals surface area contributed by atoms with E-state index < -0.39 is 11.6 Å². The topological polar surface area (TPSA) is 57.5 Å². The van der Waals surface area contributed by atoms with Crippen molar-refractivity contribution in [3.05, 3.63) is 11.6 Å². The first-order valence-electron chi connectivity index (χ1n) is 2.98. The molecule has 0 saturated heterocycles. The van der Waals surface area contributed by atoms with Crippen LogP contribution in [-0.4, -0.2) is 21.8 Å². The molecule has 0 aliphatic carbocycles. The third-order valence-corrected chi connectivity index (χ3v) is 1.31. The maximum Gasteiger partial charge on any atom is 0.328 e. The molecular weight excluding hydrogens is 132 g/mol. The standard InChI is InChI=1S/C7H12O3/c1-5(4-6(8)9)7(2,3)10/h4,10H,1-3H3,(H,8,9). The third-order valence-electron chi connectivity index (χ3n) is 1.31.